The van der Waals surface area contributed by atoms with E-state index in [1.807, 2.05) is 6.92 Å². The van der Waals surface area contributed by atoms with Crippen LogP contribution in [0.4, 0.5) is 5.69 Å². The molecule has 0 unspecified atom stereocenters. The molecule has 4 rings (SSSR count). The minimum Gasteiger partial charge on any atom is -1.00 e. The van der Waals surface area contributed by atoms with Crippen LogP contribution in [0.5, 0.6) is 5.75 Å². The van der Waals surface area contributed by atoms with E-state index >= 15 is 0 Å². The van der Waals surface area contributed by atoms with E-state index in [9.17, 15) is 0 Å². The fourth-order valence-electron chi connectivity index (χ4n) is 4.45. The summed E-state index contributed by atoms with van der Waals surface area (Å²) in [5.41, 5.74) is 5.08. The first-order chi connectivity index (χ1) is 14.7. The van der Waals surface area contributed by atoms with Crippen molar-refractivity contribution in [3.8, 4) is 22.7 Å². The van der Waals surface area contributed by atoms with Crippen LogP contribution >= 0.6 is 0 Å². The Hall–Kier alpha value is -2.27. The fourth-order valence-corrected chi connectivity index (χ4v) is 4.45. The number of aromatic nitrogens is 2. The molecular formula is C26H34BrN3O. The molecule has 0 N–H and O–H groups in total. The van der Waals surface area contributed by atoms with Crippen LogP contribution < -0.4 is 31.2 Å². The zero-order valence-electron chi connectivity index (χ0n) is 19.0. The van der Waals surface area contributed by atoms with Gasteiger partial charge in [0.25, 0.3) is 5.82 Å². The second kappa shape index (κ2) is 10.9. The highest BCUT2D eigenvalue weighted by atomic mass is 79.9. The lowest BCUT2D eigenvalue weighted by Crippen LogP contribution is -3.00. The van der Waals surface area contributed by atoms with Gasteiger partial charge in [-0.2, -0.15) is 4.57 Å². The molecule has 166 valence electrons. The summed E-state index contributed by atoms with van der Waals surface area (Å²) in [5, 5.41) is 0. The Bertz CT molecular complexity index is 964. The number of rotatable bonds is 7. The van der Waals surface area contributed by atoms with E-state index < -0.39 is 0 Å². The molecule has 5 heteroatoms. The maximum absolute atomic E-state index is 5.63. The molecule has 0 aliphatic carbocycles. The SMILES string of the molecule is CCCN(C)c1ccc(-c2cn(-c3ccc(OCC)cc3)c3[n+]2CCCCC3)cc1.[Br-]. The molecule has 0 atom stereocenters. The van der Waals surface area contributed by atoms with E-state index in [1.54, 1.807) is 0 Å². The van der Waals surface area contributed by atoms with Crippen LogP contribution in [0.1, 0.15) is 45.4 Å². The Morgan fingerprint density at radius 3 is 2.39 bits per heavy atom. The van der Waals surface area contributed by atoms with Crippen molar-refractivity contribution in [2.45, 2.75) is 52.5 Å². The van der Waals surface area contributed by atoms with Gasteiger partial charge in [0.15, 0.2) is 5.69 Å². The first-order valence-corrected chi connectivity index (χ1v) is 11.4. The van der Waals surface area contributed by atoms with E-state index in [0.717, 1.165) is 31.7 Å². The van der Waals surface area contributed by atoms with E-state index in [-0.39, 0.29) is 17.0 Å². The zero-order chi connectivity index (χ0) is 20.9. The number of anilines is 1. The molecule has 31 heavy (non-hydrogen) atoms. The predicted molar refractivity (Wildman–Crippen MR) is 124 cm³/mol. The molecule has 3 aromatic rings. The highest BCUT2D eigenvalue weighted by molar-refractivity contribution is 5.61. The molecule has 2 aromatic carbocycles. The Labute approximate surface area is 197 Å². The predicted octanol–water partition coefficient (Wildman–Crippen LogP) is 2.41. The van der Waals surface area contributed by atoms with Crippen LogP contribution in [-0.2, 0) is 13.0 Å². The van der Waals surface area contributed by atoms with Gasteiger partial charge in [-0.05, 0) is 81.1 Å². The van der Waals surface area contributed by atoms with Gasteiger partial charge in [-0.25, -0.2) is 4.57 Å². The van der Waals surface area contributed by atoms with Gasteiger partial charge in [-0.15, -0.1) is 0 Å². The largest absolute Gasteiger partial charge is 1.00 e. The Kier molecular flexibility index (Phi) is 8.19. The fraction of sp³-hybridized carbons (Fsp3) is 0.423. The van der Waals surface area contributed by atoms with E-state index in [2.05, 4.69) is 82.7 Å². The maximum Gasteiger partial charge on any atom is 0.262 e. The van der Waals surface area contributed by atoms with Gasteiger partial charge >= 0.3 is 0 Å². The zero-order valence-corrected chi connectivity index (χ0v) is 20.6. The van der Waals surface area contributed by atoms with Gasteiger partial charge in [0.2, 0.25) is 0 Å². The third kappa shape index (κ3) is 5.15. The van der Waals surface area contributed by atoms with Crippen molar-refractivity contribution in [2.75, 3.05) is 25.1 Å². The van der Waals surface area contributed by atoms with Crippen LogP contribution in [0.3, 0.4) is 0 Å². The minimum absolute atomic E-state index is 0. The second-order valence-electron chi connectivity index (χ2n) is 8.16. The molecular weight excluding hydrogens is 450 g/mol. The minimum atomic E-state index is 0. The van der Waals surface area contributed by atoms with Crippen LogP contribution in [0, 0.1) is 0 Å². The summed E-state index contributed by atoms with van der Waals surface area (Å²) in [6.45, 7) is 7.11. The molecule has 0 amide bonds. The number of hydrogen-bond acceptors (Lipinski definition) is 2. The van der Waals surface area contributed by atoms with Crippen molar-refractivity contribution < 1.29 is 26.3 Å². The second-order valence-corrected chi connectivity index (χ2v) is 8.16. The maximum atomic E-state index is 5.63. The monoisotopic (exact) mass is 483 g/mol. The molecule has 2 heterocycles. The Balaban J connectivity index is 0.00000272. The lowest BCUT2D eigenvalue weighted by atomic mass is 10.1. The smallest absolute Gasteiger partial charge is 0.262 e. The molecule has 1 aliphatic heterocycles. The van der Waals surface area contributed by atoms with Crippen LogP contribution in [0.15, 0.2) is 54.7 Å². The highest BCUT2D eigenvalue weighted by Crippen LogP contribution is 2.26. The van der Waals surface area contributed by atoms with Crippen molar-refractivity contribution >= 4 is 5.69 Å². The standard InChI is InChI=1S/C26H34N3O.BrH/c1-4-18-27(3)22-12-10-21(11-13-22)25-20-29(26-9-7-6-8-19-28(25)26)23-14-16-24(17-15-23)30-5-2;/h10-17,20H,4-9,18-19H2,1-3H3;1H/q+1;/p-1. The number of fused-ring (bicyclic) bond motifs is 1. The summed E-state index contributed by atoms with van der Waals surface area (Å²) in [4.78, 5) is 2.32. The number of nitrogens with zero attached hydrogens (tertiary/aromatic N) is 3. The van der Waals surface area contributed by atoms with E-state index in [1.165, 1.54) is 47.7 Å². The van der Waals surface area contributed by atoms with Crippen molar-refractivity contribution in [1.82, 2.24) is 4.57 Å². The third-order valence-corrected chi connectivity index (χ3v) is 6.00. The number of imidazole rings is 1. The van der Waals surface area contributed by atoms with Gasteiger partial charge in [-0.1, -0.05) is 6.92 Å². The summed E-state index contributed by atoms with van der Waals surface area (Å²) in [7, 11) is 2.17. The normalized spacial score (nSPS) is 13.1. The third-order valence-electron chi connectivity index (χ3n) is 6.00. The lowest BCUT2D eigenvalue weighted by Gasteiger charge is -2.18. The summed E-state index contributed by atoms with van der Waals surface area (Å²) < 4.78 is 10.6. The topological polar surface area (TPSA) is 21.3 Å². The van der Waals surface area contributed by atoms with Crippen LogP contribution in [-0.4, -0.2) is 24.8 Å². The molecule has 0 saturated carbocycles. The van der Waals surface area contributed by atoms with Gasteiger partial charge in [0.1, 0.15) is 17.6 Å². The van der Waals surface area contributed by atoms with Gasteiger partial charge in [-0.3, -0.25) is 0 Å². The molecule has 0 radical (unpaired) electrons. The molecule has 1 aromatic heterocycles. The number of benzene rings is 2. The van der Waals surface area contributed by atoms with Gasteiger partial charge in [0, 0.05) is 31.3 Å². The van der Waals surface area contributed by atoms with Gasteiger partial charge < -0.3 is 26.6 Å². The van der Waals surface area contributed by atoms with Crippen molar-refractivity contribution in [1.29, 1.82) is 0 Å². The summed E-state index contributed by atoms with van der Waals surface area (Å²) in [6, 6.07) is 17.5. The summed E-state index contributed by atoms with van der Waals surface area (Å²) in [6.07, 6.45) is 8.39. The molecule has 0 saturated heterocycles. The molecule has 4 nitrogen and oxygen atoms in total. The molecule has 0 spiro atoms. The van der Waals surface area contributed by atoms with Crippen molar-refractivity contribution in [3.63, 3.8) is 0 Å². The molecule has 0 fully saturated rings. The van der Waals surface area contributed by atoms with Crippen LogP contribution in [0.2, 0.25) is 0 Å². The van der Waals surface area contributed by atoms with E-state index in [0.29, 0.717) is 6.61 Å². The van der Waals surface area contributed by atoms with Crippen molar-refractivity contribution in [2.24, 2.45) is 0 Å². The number of ether oxygens (including phenoxy) is 1. The highest BCUT2D eigenvalue weighted by Gasteiger charge is 2.27. The average Bonchev–Trinajstić information content (AvgIpc) is 2.96. The summed E-state index contributed by atoms with van der Waals surface area (Å²) in [5.74, 6) is 2.33. The number of hydrogen-bond donors (Lipinski definition) is 0. The molecule has 1 aliphatic rings. The van der Waals surface area contributed by atoms with E-state index in [4.69, 9.17) is 4.74 Å². The first-order valence-electron chi connectivity index (χ1n) is 11.4. The van der Waals surface area contributed by atoms with Gasteiger partial charge in [0.05, 0.1) is 13.2 Å². The van der Waals surface area contributed by atoms with Crippen LogP contribution in [0.25, 0.3) is 16.9 Å². The van der Waals surface area contributed by atoms with Crippen molar-refractivity contribution in [3.05, 3.63) is 60.6 Å². The quantitative estimate of drug-likeness (QED) is 0.481. The number of halogens is 1. The lowest BCUT2D eigenvalue weighted by molar-refractivity contribution is -0.692. The average molecular weight is 484 g/mol. The Morgan fingerprint density at radius 2 is 1.71 bits per heavy atom. The summed E-state index contributed by atoms with van der Waals surface area (Å²) >= 11 is 0. The molecule has 0 bridgehead atoms. The Morgan fingerprint density at radius 1 is 0.968 bits per heavy atom. The first kappa shape index (κ1) is 23.4.